The molecule has 62 valence electrons. The number of carbonyl (C=O) groups is 1. The third-order valence-electron chi connectivity index (χ3n) is 1.21. The summed E-state index contributed by atoms with van der Waals surface area (Å²) in [6.07, 6.45) is 4.63. The number of carboxylic acid groups (broad SMARTS) is 1. The fourth-order valence-corrected chi connectivity index (χ4v) is 0.830. The van der Waals surface area contributed by atoms with Crippen LogP contribution in [-0.2, 0) is 4.79 Å². The lowest BCUT2D eigenvalue weighted by atomic mass is 10.2. The molecular formula is C8H7NO2S. The lowest BCUT2D eigenvalue weighted by Crippen LogP contribution is -1.93. The largest absolute Gasteiger partial charge is 0.477 e. The first kappa shape index (κ1) is 8.80. The maximum atomic E-state index is 10.3. The lowest BCUT2D eigenvalue weighted by Gasteiger charge is -1.92. The number of hydrogen-bond acceptors (Lipinski definition) is 3. The first-order chi connectivity index (χ1) is 5.70. The minimum absolute atomic E-state index is 0.00278. The van der Waals surface area contributed by atoms with E-state index in [2.05, 4.69) is 17.6 Å². The number of nitrogens with zero attached hydrogens (tertiary/aromatic N) is 1. The van der Waals surface area contributed by atoms with Crippen molar-refractivity contribution < 1.29 is 9.90 Å². The van der Waals surface area contributed by atoms with Gasteiger partial charge in [0.1, 0.15) is 0 Å². The number of pyridine rings is 1. The van der Waals surface area contributed by atoms with Crippen LogP contribution in [0.3, 0.4) is 0 Å². The molecule has 4 heteroatoms. The zero-order valence-electron chi connectivity index (χ0n) is 6.14. The average Bonchev–Trinajstić information content (AvgIpc) is 2.06. The summed E-state index contributed by atoms with van der Waals surface area (Å²) in [6.45, 7) is 0. The van der Waals surface area contributed by atoms with Crippen LogP contribution in [0.1, 0.15) is 5.56 Å². The highest BCUT2D eigenvalue weighted by atomic mass is 32.1. The van der Waals surface area contributed by atoms with Gasteiger partial charge in [-0.25, -0.2) is 4.79 Å². The van der Waals surface area contributed by atoms with Gasteiger partial charge in [-0.15, -0.1) is 12.6 Å². The smallest absolute Gasteiger partial charge is 0.341 e. The third-order valence-corrected chi connectivity index (χ3v) is 1.53. The summed E-state index contributed by atoms with van der Waals surface area (Å²) in [7, 11) is 0. The second kappa shape index (κ2) is 3.92. The van der Waals surface area contributed by atoms with Crippen LogP contribution in [0.4, 0.5) is 0 Å². The second-order valence-electron chi connectivity index (χ2n) is 2.12. The van der Waals surface area contributed by atoms with Crippen LogP contribution in [0.25, 0.3) is 6.08 Å². The highest BCUT2D eigenvalue weighted by Crippen LogP contribution is 2.07. The fourth-order valence-electron chi connectivity index (χ4n) is 0.681. The molecule has 0 radical (unpaired) electrons. The Hall–Kier alpha value is -1.29. The van der Waals surface area contributed by atoms with E-state index in [-0.39, 0.29) is 4.91 Å². The minimum Gasteiger partial charge on any atom is -0.477 e. The van der Waals surface area contributed by atoms with Crippen LogP contribution in [0.5, 0.6) is 0 Å². The summed E-state index contributed by atoms with van der Waals surface area (Å²) in [4.78, 5) is 14.2. The Morgan fingerprint density at radius 3 is 2.92 bits per heavy atom. The van der Waals surface area contributed by atoms with Gasteiger partial charge < -0.3 is 5.11 Å². The Balaban J connectivity index is 2.89. The van der Waals surface area contributed by atoms with E-state index in [1.54, 1.807) is 24.5 Å². The van der Waals surface area contributed by atoms with Gasteiger partial charge in [0.2, 0.25) is 0 Å². The molecule has 0 aromatic carbocycles. The quantitative estimate of drug-likeness (QED) is 0.536. The zero-order chi connectivity index (χ0) is 8.97. The van der Waals surface area contributed by atoms with E-state index in [1.807, 2.05) is 0 Å². The molecule has 1 aromatic heterocycles. The number of aromatic nitrogens is 1. The molecule has 0 unspecified atom stereocenters. The van der Waals surface area contributed by atoms with Crippen molar-refractivity contribution in [3.63, 3.8) is 0 Å². The predicted molar refractivity (Wildman–Crippen MR) is 48.8 cm³/mol. The van der Waals surface area contributed by atoms with Gasteiger partial charge in [-0.05, 0) is 17.7 Å². The molecular weight excluding hydrogens is 174 g/mol. The predicted octanol–water partition coefficient (Wildman–Crippen LogP) is 1.44. The van der Waals surface area contributed by atoms with Gasteiger partial charge in [0, 0.05) is 12.4 Å². The maximum absolute atomic E-state index is 10.3. The monoisotopic (exact) mass is 181 g/mol. The van der Waals surface area contributed by atoms with Crippen LogP contribution in [0.2, 0.25) is 0 Å². The Morgan fingerprint density at radius 2 is 2.42 bits per heavy atom. The van der Waals surface area contributed by atoms with Gasteiger partial charge in [-0.1, -0.05) is 6.07 Å². The molecule has 3 nitrogen and oxygen atoms in total. The standard InChI is InChI=1S/C8H7NO2S/c10-8(11)7(12)4-6-2-1-3-9-5-6/h1-5,12H,(H,10,11)/b7-4+. The summed E-state index contributed by atoms with van der Waals surface area (Å²) in [5.41, 5.74) is 0.727. The molecule has 0 aliphatic rings. The van der Waals surface area contributed by atoms with Gasteiger partial charge in [0.25, 0.3) is 0 Å². The Bertz CT molecular complexity index is 308. The van der Waals surface area contributed by atoms with Gasteiger partial charge in [-0.3, -0.25) is 4.98 Å². The van der Waals surface area contributed by atoms with Gasteiger partial charge in [-0.2, -0.15) is 0 Å². The zero-order valence-corrected chi connectivity index (χ0v) is 7.03. The van der Waals surface area contributed by atoms with E-state index in [0.29, 0.717) is 0 Å². The van der Waals surface area contributed by atoms with Crippen LogP contribution >= 0.6 is 12.6 Å². The summed E-state index contributed by atoms with van der Waals surface area (Å²) in [5.74, 6) is -1.04. The van der Waals surface area contributed by atoms with Crippen LogP contribution in [-0.4, -0.2) is 16.1 Å². The van der Waals surface area contributed by atoms with E-state index in [1.165, 1.54) is 6.08 Å². The van der Waals surface area contributed by atoms with Crippen molar-refractivity contribution in [1.82, 2.24) is 4.98 Å². The molecule has 1 N–H and O–H groups in total. The number of aliphatic carboxylic acids is 1. The van der Waals surface area contributed by atoms with Crippen LogP contribution in [0.15, 0.2) is 29.4 Å². The number of rotatable bonds is 2. The molecule has 1 heterocycles. The molecule has 12 heavy (non-hydrogen) atoms. The second-order valence-corrected chi connectivity index (χ2v) is 2.60. The number of thiol groups is 1. The van der Waals surface area contributed by atoms with E-state index in [4.69, 9.17) is 5.11 Å². The Labute approximate surface area is 75.2 Å². The number of carboxylic acids is 1. The van der Waals surface area contributed by atoms with Crippen molar-refractivity contribution in [2.24, 2.45) is 0 Å². The Morgan fingerprint density at radius 1 is 1.67 bits per heavy atom. The van der Waals surface area contributed by atoms with Crippen molar-refractivity contribution in [1.29, 1.82) is 0 Å². The molecule has 0 saturated carbocycles. The van der Waals surface area contributed by atoms with Gasteiger partial charge >= 0.3 is 5.97 Å². The van der Waals surface area contributed by atoms with Crippen molar-refractivity contribution in [2.45, 2.75) is 0 Å². The minimum atomic E-state index is -1.04. The van der Waals surface area contributed by atoms with Crippen molar-refractivity contribution in [2.75, 3.05) is 0 Å². The lowest BCUT2D eigenvalue weighted by molar-refractivity contribution is -0.131. The van der Waals surface area contributed by atoms with Crippen molar-refractivity contribution in [3.8, 4) is 0 Å². The number of hydrogen-bond donors (Lipinski definition) is 2. The van der Waals surface area contributed by atoms with E-state index < -0.39 is 5.97 Å². The summed E-state index contributed by atoms with van der Waals surface area (Å²) >= 11 is 3.77. The SMILES string of the molecule is O=C(O)/C(S)=C\c1cccnc1. The van der Waals surface area contributed by atoms with Crippen LogP contribution in [0, 0.1) is 0 Å². The molecule has 0 fully saturated rings. The molecule has 0 aliphatic heterocycles. The summed E-state index contributed by atoms with van der Waals surface area (Å²) in [5, 5.41) is 8.48. The molecule has 0 saturated heterocycles. The van der Waals surface area contributed by atoms with Gasteiger partial charge in [0.15, 0.2) is 0 Å². The molecule has 0 atom stereocenters. The summed E-state index contributed by atoms with van der Waals surface area (Å²) in [6, 6.07) is 3.49. The topological polar surface area (TPSA) is 50.2 Å². The first-order valence-electron chi connectivity index (χ1n) is 3.24. The molecule has 0 bridgehead atoms. The van der Waals surface area contributed by atoms with Crippen molar-refractivity contribution >= 4 is 24.7 Å². The third kappa shape index (κ3) is 2.39. The van der Waals surface area contributed by atoms with Crippen LogP contribution < -0.4 is 0 Å². The molecule has 1 rings (SSSR count). The molecule has 0 amide bonds. The van der Waals surface area contributed by atoms with Gasteiger partial charge in [0.05, 0.1) is 4.91 Å². The van der Waals surface area contributed by atoms with Crippen molar-refractivity contribution in [3.05, 3.63) is 35.0 Å². The van der Waals surface area contributed by atoms with E-state index >= 15 is 0 Å². The molecule has 1 aromatic rings. The summed E-state index contributed by atoms with van der Waals surface area (Å²) < 4.78 is 0. The highest BCUT2D eigenvalue weighted by molar-refractivity contribution is 7.85. The molecule has 0 aliphatic carbocycles. The van der Waals surface area contributed by atoms with E-state index in [0.717, 1.165) is 5.56 Å². The normalized spacial score (nSPS) is 11.2. The first-order valence-corrected chi connectivity index (χ1v) is 3.69. The highest BCUT2D eigenvalue weighted by Gasteiger charge is 1.99. The van der Waals surface area contributed by atoms with E-state index in [9.17, 15) is 4.79 Å². The average molecular weight is 181 g/mol. The molecule has 0 spiro atoms. The fraction of sp³-hybridized carbons (Fsp3) is 0. The maximum Gasteiger partial charge on any atom is 0.341 e. The Kier molecular flexibility index (Phi) is 2.88.